The van der Waals surface area contributed by atoms with Crippen LogP contribution in [-0.2, 0) is 14.8 Å². The molecule has 1 atom stereocenters. The highest BCUT2D eigenvalue weighted by molar-refractivity contribution is 7.89. The zero-order valence-corrected chi connectivity index (χ0v) is 12.7. The number of carbonyl (C=O) groups is 1. The fourth-order valence-corrected chi connectivity index (χ4v) is 3.20. The van der Waals surface area contributed by atoms with Gasteiger partial charge in [0.2, 0.25) is 15.9 Å². The van der Waals surface area contributed by atoms with Crippen LogP contribution in [-0.4, -0.2) is 32.1 Å². The maximum atomic E-state index is 13.9. The van der Waals surface area contributed by atoms with E-state index in [4.69, 9.17) is 5.11 Å². The number of halogens is 1. The van der Waals surface area contributed by atoms with Crippen molar-refractivity contribution in [1.82, 2.24) is 4.72 Å². The van der Waals surface area contributed by atoms with Gasteiger partial charge in [0.05, 0.1) is 0 Å². The van der Waals surface area contributed by atoms with Crippen LogP contribution in [0.1, 0.15) is 26.7 Å². The summed E-state index contributed by atoms with van der Waals surface area (Å²) in [6.07, 6.45) is 0.729. The molecule has 1 unspecified atom stereocenters. The summed E-state index contributed by atoms with van der Waals surface area (Å²) in [7, 11) is -4.02. The monoisotopic (exact) mass is 318 g/mol. The second-order valence-electron chi connectivity index (χ2n) is 4.57. The van der Waals surface area contributed by atoms with Crippen molar-refractivity contribution in [2.75, 3.05) is 11.9 Å². The van der Waals surface area contributed by atoms with Crippen LogP contribution in [0.5, 0.6) is 0 Å². The molecular weight excluding hydrogens is 299 g/mol. The fraction of sp³-hybridized carbons (Fsp3) is 0.462. The Kier molecular flexibility index (Phi) is 6.25. The molecule has 1 aromatic carbocycles. The van der Waals surface area contributed by atoms with Gasteiger partial charge in [-0.2, -0.15) is 0 Å². The normalized spacial score (nSPS) is 13.0. The second kappa shape index (κ2) is 7.48. The number of benzene rings is 1. The zero-order valence-electron chi connectivity index (χ0n) is 11.9. The number of aliphatic hydroxyl groups is 1. The SMILES string of the molecule is CCC(CCO)NS(=O)(=O)c1ccc(NC(C)=O)cc1F. The van der Waals surface area contributed by atoms with Crippen molar-refractivity contribution < 1.29 is 22.7 Å². The van der Waals surface area contributed by atoms with E-state index in [-0.39, 0.29) is 24.6 Å². The summed E-state index contributed by atoms with van der Waals surface area (Å²) in [5.41, 5.74) is 0.182. The van der Waals surface area contributed by atoms with Crippen LogP contribution in [0.2, 0.25) is 0 Å². The van der Waals surface area contributed by atoms with E-state index in [1.165, 1.54) is 13.0 Å². The Morgan fingerprint density at radius 2 is 2.10 bits per heavy atom. The van der Waals surface area contributed by atoms with Gasteiger partial charge in [-0.15, -0.1) is 0 Å². The van der Waals surface area contributed by atoms with Crippen molar-refractivity contribution in [1.29, 1.82) is 0 Å². The number of nitrogens with one attached hydrogen (secondary N) is 2. The van der Waals surface area contributed by atoms with E-state index in [9.17, 15) is 17.6 Å². The van der Waals surface area contributed by atoms with Gasteiger partial charge in [-0.3, -0.25) is 4.79 Å². The van der Waals surface area contributed by atoms with Crippen LogP contribution in [0.3, 0.4) is 0 Å². The molecular formula is C13H19FN2O4S. The first-order valence-corrected chi connectivity index (χ1v) is 7.98. The second-order valence-corrected chi connectivity index (χ2v) is 6.25. The summed E-state index contributed by atoms with van der Waals surface area (Å²) < 4.78 is 40.5. The number of amides is 1. The van der Waals surface area contributed by atoms with Crippen molar-refractivity contribution in [2.45, 2.75) is 37.6 Å². The molecule has 0 spiro atoms. The van der Waals surface area contributed by atoms with Gasteiger partial charge in [-0.1, -0.05) is 6.92 Å². The predicted molar refractivity (Wildman–Crippen MR) is 76.8 cm³/mol. The Balaban J connectivity index is 3.00. The van der Waals surface area contributed by atoms with Crippen molar-refractivity contribution >= 4 is 21.6 Å². The van der Waals surface area contributed by atoms with Gasteiger partial charge < -0.3 is 10.4 Å². The van der Waals surface area contributed by atoms with Gasteiger partial charge in [0.1, 0.15) is 10.7 Å². The van der Waals surface area contributed by atoms with Crippen LogP contribution >= 0.6 is 0 Å². The number of hydrogen-bond donors (Lipinski definition) is 3. The fourth-order valence-electron chi connectivity index (χ4n) is 1.78. The minimum Gasteiger partial charge on any atom is -0.396 e. The maximum Gasteiger partial charge on any atom is 0.243 e. The molecule has 21 heavy (non-hydrogen) atoms. The number of aliphatic hydroxyl groups excluding tert-OH is 1. The largest absolute Gasteiger partial charge is 0.396 e. The van der Waals surface area contributed by atoms with Crippen LogP contribution < -0.4 is 10.0 Å². The highest BCUT2D eigenvalue weighted by Crippen LogP contribution is 2.19. The highest BCUT2D eigenvalue weighted by atomic mass is 32.2. The molecule has 0 heterocycles. The van der Waals surface area contributed by atoms with E-state index in [1.807, 2.05) is 0 Å². The van der Waals surface area contributed by atoms with Crippen molar-refractivity contribution in [3.8, 4) is 0 Å². The number of hydrogen-bond acceptors (Lipinski definition) is 4. The minimum absolute atomic E-state index is 0.162. The molecule has 0 aliphatic rings. The Morgan fingerprint density at radius 3 is 2.57 bits per heavy atom. The predicted octanol–water partition coefficient (Wildman–Crippen LogP) is 1.22. The highest BCUT2D eigenvalue weighted by Gasteiger charge is 2.22. The van der Waals surface area contributed by atoms with E-state index in [0.717, 1.165) is 12.1 Å². The van der Waals surface area contributed by atoms with Gasteiger partial charge in [0, 0.05) is 25.3 Å². The quantitative estimate of drug-likeness (QED) is 0.704. The van der Waals surface area contributed by atoms with Gasteiger partial charge in [-0.05, 0) is 31.0 Å². The van der Waals surface area contributed by atoms with Crippen LogP contribution in [0, 0.1) is 5.82 Å². The van der Waals surface area contributed by atoms with Gasteiger partial charge >= 0.3 is 0 Å². The molecule has 118 valence electrons. The third-order valence-electron chi connectivity index (χ3n) is 2.83. The van der Waals surface area contributed by atoms with Crippen LogP contribution in [0.25, 0.3) is 0 Å². The van der Waals surface area contributed by atoms with Crippen molar-refractivity contribution in [3.63, 3.8) is 0 Å². The molecule has 6 nitrogen and oxygen atoms in total. The lowest BCUT2D eigenvalue weighted by atomic mass is 10.2. The average Bonchev–Trinajstić information content (AvgIpc) is 2.36. The first kappa shape index (κ1) is 17.5. The molecule has 3 N–H and O–H groups in total. The van der Waals surface area contributed by atoms with Crippen molar-refractivity contribution in [3.05, 3.63) is 24.0 Å². The lowest BCUT2D eigenvalue weighted by Crippen LogP contribution is -2.35. The average molecular weight is 318 g/mol. The molecule has 8 heteroatoms. The van der Waals surface area contributed by atoms with Crippen LogP contribution in [0.4, 0.5) is 10.1 Å². The Bertz CT molecular complexity index is 604. The molecule has 0 saturated heterocycles. The van der Waals surface area contributed by atoms with Gasteiger partial charge in [0.15, 0.2) is 0 Å². The lowest BCUT2D eigenvalue weighted by molar-refractivity contribution is -0.114. The lowest BCUT2D eigenvalue weighted by Gasteiger charge is -2.16. The molecule has 0 fully saturated rings. The molecule has 1 rings (SSSR count). The summed E-state index contributed by atoms with van der Waals surface area (Å²) in [6, 6.07) is 2.89. The Hall–Kier alpha value is -1.51. The van der Waals surface area contributed by atoms with E-state index in [0.29, 0.717) is 6.42 Å². The number of rotatable bonds is 7. The van der Waals surface area contributed by atoms with Crippen LogP contribution in [0.15, 0.2) is 23.1 Å². The summed E-state index contributed by atoms with van der Waals surface area (Å²) in [5, 5.41) is 11.2. The smallest absolute Gasteiger partial charge is 0.243 e. The molecule has 0 aliphatic carbocycles. The van der Waals surface area contributed by atoms with Crippen molar-refractivity contribution in [2.24, 2.45) is 0 Å². The molecule has 0 aromatic heterocycles. The Labute approximate surface area is 123 Å². The zero-order chi connectivity index (χ0) is 16.0. The molecule has 0 bridgehead atoms. The third-order valence-corrected chi connectivity index (χ3v) is 4.39. The van der Waals surface area contributed by atoms with E-state index in [1.54, 1.807) is 6.92 Å². The molecule has 0 saturated carbocycles. The Morgan fingerprint density at radius 1 is 1.43 bits per heavy atom. The maximum absolute atomic E-state index is 13.9. The van der Waals surface area contributed by atoms with E-state index >= 15 is 0 Å². The summed E-state index contributed by atoms with van der Waals surface area (Å²) in [6.45, 7) is 2.87. The summed E-state index contributed by atoms with van der Waals surface area (Å²) in [5.74, 6) is -1.33. The first-order chi connectivity index (χ1) is 9.80. The third kappa shape index (κ3) is 5.07. The number of carbonyl (C=O) groups excluding carboxylic acids is 1. The first-order valence-electron chi connectivity index (χ1n) is 6.50. The summed E-state index contributed by atoms with van der Waals surface area (Å²) >= 11 is 0. The van der Waals surface area contributed by atoms with Gasteiger partial charge in [-0.25, -0.2) is 17.5 Å². The minimum atomic E-state index is -4.02. The summed E-state index contributed by atoms with van der Waals surface area (Å²) in [4.78, 5) is 10.4. The topological polar surface area (TPSA) is 95.5 Å². The molecule has 1 amide bonds. The number of anilines is 1. The van der Waals surface area contributed by atoms with E-state index < -0.39 is 26.8 Å². The molecule has 1 aromatic rings. The molecule has 0 radical (unpaired) electrons. The molecule has 0 aliphatic heterocycles. The van der Waals surface area contributed by atoms with E-state index in [2.05, 4.69) is 10.0 Å². The van der Waals surface area contributed by atoms with Gasteiger partial charge in [0.25, 0.3) is 0 Å². The number of sulfonamides is 1. The standard InChI is InChI=1S/C13H19FN2O4S/c1-3-10(6-7-17)16-21(19,20)13-5-4-11(8-12(13)14)15-9(2)18/h4-5,8,10,16-17H,3,6-7H2,1-2H3,(H,15,18).